The maximum Gasteiger partial charge on any atom is 0.0799 e. The fraction of sp³-hybridized carbons (Fsp3) is 0.923. The van der Waals surface area contributed by atoms with Crippen LogP contribution in [0.1, 0.15) is 52.4 Å². The summed E-state index contributed by atoms with van der Waals surface area (Å²) in [5, 5.41) is 6.25. The van der Waals surface area contributed by atoms with Crippen LogP contribution >= 0.6 is 0 Å². The summed E-state index contributed by atoms with van der Waals surface area (Å²) in [6.07, 6.45) is 8.65. The topological polar surface area (TPSA) is 28.2 Å². The molecule has 2 atom stereocenters. The van der Waals surface area contributed by atoms with Gasteiger partial charge < -0.3 is 16.7 Å². The van der Waals surface area contributed by atoms with Gasteiger partial charge in [-0.25, -0.2) is 0 Å². The lowest BCUT2D eigenvalue weighted by molar-refractivity contribution is -0.889. The van der Waals surface area contributed by atoms with E-state index < -0.39 is 0 Å². The number of hydrogen-bond donors (Lipinski definition) is 1. The van der Waals surface area contributed by atoms with E-state index in [0.29, 0.717) is 0 Å². The molecule has 0 bridgehead atoms. The van der Waals surface area contributed by atoms with Gasteiger partial charge in [0.25, 0.3) is 0 Å². The Morgan fingerprint density at radius 2 is 1.87 bits per heavy atom. The third-order valence-corrected chi connectivity index (χ3v) is 3.26. The summed E-state index contributed by atoms with van der Waals surface area (Å²) in [5.74, 6) is 0.991. The van der Waals surface area contributed by atoms with E-state index in [1.165, 1.54) is 58.2 Å². The van der Waals surface area contributed by atoms with Crippen LogP contribution in [-0.4, -0.2) is 19.6 Å². The number of nitrogens with one attached hydrogen (secondary N) is 1. The van der Waals surface area contributed by atoms with Crippen LogP contribution < -0.4 is 4.90 Å². The average molecular weight is 210 g/mol. The average Bonchev–Trinajstić information content (AvgIpc) is 2.67. The van der Waals surface area contributed by atoms with E-state index in [-0.39, 0.29) is 0 Å². The minimum absolute atomic E-state index is 0.991. The molecule has 2 nitrogen and oxygen atoms in total. The smallest absolute Gasteiger partial charge is 0.0799 e. The van der Waals surface area contributed by atoms with Gasteiger partial charge in [-0.05, 0) is 12.8 Å². The zero-order valence-electron chi connectivity index (χ0n) is 10.4. The number of unbranched alkanes of at least 4 members (excludes halogenated alkanes) is 4. The summed E-state index contributed by atoms with van der Waals surface area (Å²) in [6, 6.07) is 0. The molecule has 0 radical (unpaired) electrons. The van der Waals surface area contributed by atoms with Crippen LogP contribution in [0.2, 0.25) is 0 Å². The van der Waals surface area contributed by atoms with Crippen molar-refractivity contribution in [3.63, 3.8) is 0 Å². The standard InChI is InChI=1S/C12H25N.CN/c1-3-4-5-6-7-9-13-10-8-12(2)11-13;1-2/h12H,3-11H2,1-2H3;/q;-1/p+1. The van der Waals surface area contributed by atoms with E-state index >= 15 is 0 Å². The van der Waals surface area contributed by atoms with Gasteiger partial charge in [0.15, 0.2) is 0 Å². The van der Waals surface area contributed by atoms with Crippen molar-refractivity contribution in [3.8, 4) is 0 Å². The monoisotopic (exact) mass is 210 g/mol. The summed E-state index contributed by atoms with van der Waals surface area (Å²) in [5.41, 5.74) is 0. The largest absolute Gasteiger partial charge is 0.512 e. The van der Waals surface area contributed by atoms with E-state index in [4.69, 9.17) is 11.8 Å². The Kier molecular flexibility index (Phi) is 9.62. The zero-order valence-corrected chi connectivity index (χ0v) is 10.4. The number of likely N-dealkylation sites (tertiary alicyclic amines) is 1. The maximum absolute atomic E-state index is 6.25. The molecule has 0 aromatic carbocycles. The van der Waals surface area contributed by atoms with E-state index in [1.54, 1.807) is 0 Å². The summed E-state index contributed by atoms with van der Waals surface area (Å²) in [6.45, 7) is 13.7. The van der Waals surface area contributed by atoms with Crippen LogP contribution in [0.25, 0.3) is 0 Å². The second-order valence-electron chi connectivity index (χ2n) is 4.76. The Labute approximate surface area is 95.3 Å². The van der Waals surface area contributed by atoms with Crippen molar-refractivity contribution in [1.29, 1.82) is 5.26 Å². The minimum Gasteiger partial charge on any atom is -0.512 e. The van der Waals surface area contributed by atoms with Crippen molar-refractivity contribution in [2.24, 2.45) is 5.92 Å². The van der Waals surface area contributed by atoms with Crippen LogP contribution in [0.3, 0.4) is 0 Å². The maximum atomic E-state index is 6.25. The molecule has 1 saturated heterocycles. The Balaban J connectivity index is 0.000000921. The predicted molar refractivity (Wildman–Crippen MR) is 63.1 cm³/mol. The molecule has 2 heteroatoms. The van der Waals surface area contributed by atoms with E-state index in [0.717, 1.165) is 5.92 Å². The van der Waals surface area contributed by atoms with Gasteiger partial charge in [0.2, 0.25) is 0 Å². The van der Waals surface area contributed by atoms with Gasteiger partial charge >= 0.3 is 0 Å². The molecule has 0 aliphatic carbocycles. The molecule has 1 rings (SSSR count). The highest BCUT2D eigenvalue weighted by atomic mass is 15.1. The summed E-state index contributed by atoms with van der Waals surface area (Å²) in [4.78, 5) is 1.86. The number of quaternary nitrogens is 1. The van der Waals surface area contributed by atoms with Gasteiger partial charge in [-0.3, -0.25) is 0 Å². The van der Waals surface area contributed by atoms with E-state index in [9.17, 15) is 0 Å². The van der Waals surface area contributed by atoms with Gasteiger partial charge in [0.05, 0.1) is 19.6 Å². The Morgan fingerprint density at radius 3 is 2.40 bits per heavy atom. The third-order valence-electron chi connectivity index (χ3n) is 3.26. The summed E-state index contributed by atoms with van der Waals surface area (Å²) in [7, 11) is 0. The molecule has 0 spiro atoms. The van der Waals surface area contributed by atoms with Crippen molar-refractivity contribution < 1.29 is 4.90 Å². The second kappa shape index (κ2) is 9.98. The van der Waals surface area contributed by atoms with Crippen molar-refractivity contribution in [2.75, 3.05) is 19.6 Å². The highest BCUT2D eigenvalue weighted by molar-refractivity contribution is 4.55. The van der Waals surface area contributed by atoms with Crippen molar-refractivity contribution >= 4 is 0 Å². The van der Waals surface area contributed by atoms with Crippen LogP contribution in [0, 0.1) is 17.8 Å². The van der Waals surface area contributed by atoms with Crippen LogP contribution in [0.4, 0.5) is 0 Å². The van der Waals surface area contributed by atoms with Gasteiger partial charge in [0, 0.05) is 12.3 Å². The summed E-state index contributed by atoms with van der Waals surface area (Å²) < 4.78 is 0. The molecule has 1 N–H and O–H groups in total. The normalized spacial score (nSPS) is 24.5. The highest BCUT2D eigenvalue weighted by Gasteiger charge is 2.21. The zero-order chi connectivity index (χ0) is 11.5. The third kappa shape index (κ3) is 7.39. The lowest BCUT2D eigenvalue weighted by atomic mass is 10.1. The van der Waals surface area contributed by atoms with Gasteiger partial charge in [-0.15, -0.1) is 0 Å². The molecule has 1 aliphatic rings. The molecule has 2 unspecified atom stereocenters. The number of nitrogens with zero attached hydrogens (tertiary/aromatic N) is 1. The van der Waals surface area contributed by atoms with Gasteiger partial charge in [-0.1, -0.05) is 33.1 Å². The molecule has 0 aromatic heterocycles. The lowest BCUT2D eigenvalue weighted by Crippen LogP contribution is -3.10. The van der Waals surface area contributed by atoms with Gasteiger partial charge in [-0.2, -0.15) is 0 Å². The fourth-order valence-electron chi connectivity index (χ4n) is 2.35. The number of hydrogen-bond acceptors (Lipinski definition) is 1. The summed E-state index contributed by atoms with van der Waals surface area (Å²) >= 11 is 0. The van der Waals surface area contributed by atoms with Crippen LogP contribution in [0.15, 0.2) is 0 Å². The van der Waals surface area contributed by atoms with Crippen molar-refractivity contribution in [1.82, 2.24) is 0 Å². The molecule has 0 aromatic rings. The molecule has 1 fully saturated rings. The second-order valence-corrected chi connectivity index (χ2v) is 4.76. The molecular formula is C13H26N2. The first-order valence-electron chi connectivity index (χ1n) is 6.39. The van der Waals surface area contributed by atoms with Gasteiger partial charge in [0.1, 0.15) is 0 Å². The Hall–Kier alpha value is -0.550. The molecule has 0 saturated carbocycles. The predicted octanol–water partition coefficient (Wildman–Crippen LogP) is 1.98. The van der Waals surface area contributed by atoms with E-state index in [2.05, 4.69) is 13.8 Å². The first kappa shape index (κ1) is 14.5. The molecule has 1 aliphatic heterocycles. The molecule has 0 amide bonds. The quantitative estimate of drug-likeness (QED) is 0.527. The Bertz CT molecular complexity index is 154. The highest BCUT2D eigenvalue weighted by Crippen LogP contribution is 2.03. The fourth-order valence-corrected chi connectivity index (χ4v) is 2.35. The molecular weight excluding hydrogens is 184 g/mol. The molecule has 88 valence electrons. The first-order valence-corrected chi connectivity index (χ1v) is 6.39. The van der Waals surface area contributed by atoms with Crippen molar-refractivity contribution in [2.45, 2.75) is 52.4 Å². The van der Waals surface area contributed by atoms with Crippen molar-refractivity contribution in [3.05, 3.63) is 6.57 Å². The van der Waals surface area contributed by atoms with Crippen LogP contribution in [0.5, 0.6) is 0 Å². The molecule has 1 heterocycles. The minimum atomic E-state index is 0.991. The Morgan fingerprint density at radius 1 is 1.20 bits per heavy atom. The lowest BCUT2D eigenvalue weighted by Gasteiger charge is -2.11. The van der Waals surface area contributed by atoms with Crippen LogP contribution in [-0.2, 0) is 0 Å². The SMILES string of the molecule is CCCCCCC[NH+]1CCC(C)C1.[C-]#N. The first-order chi connectivity index (χ1) is 7.33. The number of rotatable bonds is 6. The van der Waals surface area contributed by atoms with E-state index in [1.807, 2.05) is 4.90 Å². The molecule has 15 heavy (non-hydrogen) atoms.